The molecule has 0 bridgehead atoms. The largest absolute Gasteiger partial charge is 0.317 e. The van der Waals surface area contributed by atoms with Gasteiger partial charge in [-0.2, -0.15) is 5.10 Å². The van der Waals surface area contributed by atoms with E-state index in [9.17, 15) is 17.2 Å². The zero-order valence-corrected chi connectivity index (χ0v) is 13.8. The van der Waals surface area contributed by atoms with E-state index in [0.29, 0.717) is 5.82 Å². The predicted molar refractivity (Wildman–Crippen MR) is 77.3 cm³/mol. The summed E-state index contributed by atoms with van der Waals surface area (Å²) in [6.07, 6.45) is -0.516. The quantitative estimate of drug-likeness (QED) is 0.801. The van der Waals surface area contributed by atoms with Gasteiger partial charge < -0.3 is 4.57 Å². The van der Waals surface area contributed by atoms with Crippen LogP contribution in [-0.2, 0) is 30.2 Å². The highest BCUT2D eigenvalue weighted by atomic mass is 32.2. The van der Waals surface area contributed by atoms with E-state index >= 15 is 0 Å². The first-order valence-electron chi connectivity index (χ1n) is 6.89. The fraction of sp³-hybridized carbons (Fsp3) is 0.583. The van der Waals surface area contributed by atoms with E-state index in [4.69, 9.17) is 0 Å². The molecule has 0 spiro atoms. The van der Waals surface area contributed by atoms with Crippen LogP contribution in [0.4, 0.5) is 8.78 Å². The molecule has 128 valence electrons. The second kappa shape index (κ2) is 6.71. The van der Waals surface area contributed by atoms with E-state index < -0.39 is 23.0 Å². The molecule has 0 aliphatic heterocycles. The normalized spacial score (nSPS) is 12.5. The Morgan fingerprint density at radius 3 is 2.57 bits per heavy atom. The molecule has 8 nitrogen and oxygen atoms in total. The van der Waals surface area contributed by atoms with Crippen LogP contribution in [0.2, 0.25) is 0 Å². The second-order valence-corrected chi connectivity index (χ2v) is 7.07. The first-order chi connectivity index (χ1) is 10.7. The van der Waals surface area contributed by atoms with E-state index in [-0.39, 0.29) is 17.4 Å². The average molecular weight is 348 g/mol. The van der Waals surface area contributed by atoms with Crippen molar-refractivity contribution in [1.29, 1.82) is 0 Å². The highest BCUT2D eigenvalue weighted by molar-refractivity contribution is 7.89. The molecule has 2 aromatic heterocycles. The zero-order valence-electron chi connectivity index (χ0n) is 12.9. The molecule has 0 aliphatic rings. The van der Waals surface area contributed by atoms with Crippen LogP contribution in [0.3, 0.4) is 0 Å². The molecule has 23 heavy (non-hydrogen) atoms. The highest BCUT2D eigenvalue weighted by Crippen LogP contribution is 2.13. The fourth-order valence-electron chi connectivity index (χ4n) is 2.00. The molecule has 0 unspecified atom stereocenters. The molecule has 2 rings (SSSR count). The van der Waals surface area contributed by atoms with Gasteiger partial charge >= 0.3 is 0 Å². The van der Waals surface area contributed by atoms with Crippen molar-refractivity contribution in [2.45, 2.75) is 44.2 Å². The van der Waals surface area contributed by atoms with Crippen molar-refractivity contribution in [3.05, 3.63) is 24.0 Å². The van der Waals surface area contributed by atoms with Crippen LogP contribution in [0.1, 0.15) is 31.4 Å². The van der Waals surface area contributed by atoms with Crippen LogP contribution >= 0.6 is 0 Å². The number of hydrogen-bond donors (Lipinski definition) is 1. The third kappa shape index (κ3) is 4.10. The molecule has 0 radical (unpaired) electrons. The Bertz CT molecular complexity index is 768. The lowest BCUT2D eigenvalue weighted by Crippen LogP contribution is -2.24. The van der Waals surface area contributed by atoms with E-state index in [1.807, 2.05) is 13.8 Å². The molecule has 0 saturated carbocycles. The smallest absolute Gasteiger partial charge is 0.257 e. The van der Waals surface area contributed by atoms with Crippen molar-refractivity contribution in [3.8, 4) is 0 Å². The van der Waals surface area contributed by atoms with E-state index in [2.05, 4.69) is 20.0 Å². The van der Waals surface area contributed by atoms with Crippen molar-refractivity contribution in [2.75, 3.05) is 0 Å². The maximum absolute atomic E-state index is 12.3. The van der Waals surface area contributed by atoms with Gasteiger partial charge in [0.05, 0.1) is 12.7 Å². The minimum absolute atomic E-state index is 0.0570. The van der Waals surface area contributed by atoms with Crippen LogP contribution in [0.5, 0.6) is 0 Å². The molecule has 0 aliphatic carbocycles. The number of aromatic nitrogens is 5. The topological polar surface area (TPSA) is 94.7 Å². The number of nitrogens with one attached hydrogen (secondary N) is 1. The van der Waals surface area contributed by atoms with E-state index in [0.717, 1.165) is 22.9 Å². The Balaban J connectivity index is 2.08. The van der Waals surface area contributed by atoms with Gasteiger partial charge in [0.2, 0.25) is 10.0 Å². The summed E-state index contributed by atoms with van der Waals surface area (Å²) in [7, 11) is -2.11. The Morgan fingerprint density at radius 1 is 1.30 bits per heavy atom. The first kappa shape index (κ1) is 17.5. The lowest BCUT2D eigenvalue weighted by atomic mass is 10.2. The molecule has 2 aromatic rings. The third-order valence-electron chi connectivity index (χ3n) is 3.18. The van der Waals surface area contributed by atoms with E-state index in [1.165, 1.54) is 0 Å². The highest BCUT2D eigenvalue weighted by Gasteiger charge is 2.19. The first-order valence-corrected chi connectivity index (χ1v) is 8.37. The SMILES string of the molecule is CC(C)c1nnc(CNS(=O)(=O)c2cnn(CC(F)F)c2)n1C. The lowest BCUT2D eigenvalue weighted by Gasteiger charge is -2.07. The molecular formula is C12H18F2N6O2S. The van der Waals surface area contributed by atoms with Gasteiger partial charge in [0, 0.05) is 19.2 Å². The van der Waals surface area contributed by atoms with Crippen molar-refractivity contribution < 1.29 is 17.2 Å². The summed E-state index contributed by atoms with van der Waals surface area (Å²) < 4.78 is 53.8. The van der Waals surface area contributed by atoms with Crippen LogP contribution in [0.15, 0.2) is 17.3 Å². The number of rotatable bonds is 7. The van der Waals surface area contributed by atoms with Gasteiger partial charge in [-0.15, -0.1) is 10.2 Å². The van der Waals surface area contributed by atoms with Gasteiger partial charge in [-0.25, -0.2) is 21.9 Å². The molecule has 0 amide bonds. The molecule has 0 aromatic carbocycles. The molecule has 0 saturated heterocycles. The minimum atomic E-state index is -3.86. The summed E-state index contributed by atoms with van der Waals surface area (Å²) in [5, 5.41) is 11.6. The summed E-state index contributed by atoms with van der Waals surface area (Å²) in [4.78, 5) is -0.176. The lowest BCUT2D eigenvalue weighted by molar-refractivity contribution is 0.121. The summed E-state index contributed by atoms with van der Waals surface area (Å²) in [5.41, 5.74) is 0. The number of alkyl halides is 2. The van der Waals surface area contributed by atoms with Gasteiger partial charge in [0.25, 0.3) is 6.43 Å². The summed E-state index contributed by atoms with van der Waals surface area (Å²) in [5.74, 6) is 1.35. The van der Waals surface area contributed by atoms with Crippen molar-refractivity contribution >= 4 is 10.0 Å². The standard InChI is InChI=1S/C12H18F2N6O2S/c1-8(2)12-18-17-11(19(12)3)5-16-23(21,22)9-4-15-20(6-9)7-10(13)14/h4,6,8,10,16H,5,7H2,1-3H3. The Labute approximate surface area is 132 Å². The van der Waals surface area contributed by atoms with Crippen molar-refractivity contribution in [2.24, 2.45) is 7.05 Å². The minimum Gasteiger partial charge on any atom is -0.317 e. The molecule has 11 heteroatoms. The van der Waals surface area contributed by atoms with Crippen LogP contribution in [0, 0.1) is 0 Å². The second-order valence-electron chi connectivity index (χ2n) is 5.30. The molecule has 1 N–H and O–H groups in total. The number of hydrogen-bond acceptors (Lipinski definition) is 5. The monoisotopic (exact) mass is 348 g/mol. The molecule has 0 atom stereocenters. The number of nitrogens with zero attached hydrogens (tertiary/aromatic N) is 5. The molecule has 0 fully saturated rings. The Hall–Kier alpha value is -1.88. The van der Waals surface area contributed by atoms with Gasteiger partial charge in [-0.1, -0.05) is 13.8 Å². The van der Waals surface area contributed by atoms with Crippen LogP contribution in [-0.4, -0.2) is 39.4 Å². The van der Waals surface area contributed by atoms with Gasteiger partial charge in [-0.3, -0.25) is 4.68 Å². The summed E-state index contributed by atoms with van der Waals surface area (Å²) >= 11 is 0. The van der Waals surface area contributed by atoms with Gasteiger partial charge in [-0.05, 0) is 0 Å². The van der Waals surface area contributed by atoms with Gasteiger partial charge in [0.1, 0.15) is 23.1 Å². The van der Waals surface area contributed by atoms with Gasteiger partial charge in [0.15, 0.2) is 0 Å². The Morgan fingerprint density at radius 2 is 2.00 bits per heavy atom. The van der Waals surface area contributed by atoms with Crippen molar-refractivity contribution in [1.82, 2.24) is 29.3 Å². The zero-order chi connectivity index (χ0) is 17.2. The summed E-state index contributed by atoms with van der Waals surface area (Å²) in [6.45, 7) is 3.19. The van der Waals surface area contributed by atoms with Crippen molar-refractivity contribution in [3.63, 3.8) is 0 Å². The molecule has 2 heterocycles. The summed E-state index contributed by atoms with van der Waals surface area (Å²) in [6, 6.07) is 0. The van der Waals surface area contributed by atoms with E-state index in [1.54, 1.807) is 11.6 Å². The van der Waals surface area contributed by atoms with Crippen LogP contribution in [0.25, 0.3) is 0 Å². The fourth-order valence-corrected chi connectivity index (χ4v) is 2.93. The maximum atomic E-state index is 12.3. The maximum Gasteiger partial charge on any atom is 0.257 e. The number of halogens is 2. The Kier molecular flexibility index (Phi) is 5.09. The third-order valence-corrected chi connectivity index (χ3v) is 4.54. The molecular weight excluding hydrogens is 330 g/mol. The van der Waals surface area contributed by atoms with Crippen LogP contribution < -0.4 is 4.72 Å². The predicted octanol–water partition coefficient (Wildman–Crippen LogP) is 0.879. The average Bonchev–Trinajstić information content (AvgIpc) is 3.03. The number of sulfonamides is 1.